The van der Waals surface area contributed by atoms with Crippen molar-refractivity contribution in [1.82, 2.24) is 15.5 Å². The third kappa shape index (κ3) is 5.50. The predicted octanol–water partition coefficient (Wildman–Crippen LogP) is 0.840. The maximum absolute atomic E-state index is 13.1. The predicted molar refractivity (Wildman–Crippen MR) is 126 cm³/mol. The van der Waals surface area contributed by atoms with Crippen molar-refractivity contribution in [2.24, 2.45) is 4.99 Å². The van der Waals surface area contributed by atoms with Crippen LogP contribution in [0.25, 0.3) is 0 Å². The van der Waals surface area contributed by atoms with Gasteiger partial charge in [-0.1, -0.05) is 11.6 Å². The van der Waals surface area contributed by atoms with Crippen molar-refractivity contribution < 1.29 is 32.3 Å². The van der Waals surface area contributed by atoms with Gasteiger partial charge in [-0.05, 0) is 30.8 Å². The largest absolute Gasteiger partial charge is 0.496 e. The molecule has 0 aliphatic carbocycles. The smallest absolute Gasteiger partial charge is 0.354 e. The fraction of sp³-hybridized carbons (Fsp3) is 0.250. The maximum atomic E-state index is 13.1. The number of aliphatic imine (C=N–C) groups is 1. The lowest BCUT2D eigenvalue weighted by molar-refractivity contribution is -0.129. The number of ether oxygens (including phenoxy) is 1. The number of carbonyl (C=O) groups excluding carboxylic acids is 4. The summed E-state index contributed by atoms with van der Waals surface area (Å²) in [6.45, 7) is 0.848. The second-order valence-corrected chi connectivity index (χ2v) is 9.64. The molecule has 1 aromatic carbocycles. The molecule has 4 N–H and O–H groups in total. The molecular formula is C20H22ClN5O7S. The number of likely N-dealkylation sites (N-methyl/N-ethyl adjacent to an activating group) is 1. The molecule has 0 atom stereocenters. The van der Waals surface area contributed by atoms with E-state index in [4.69, 9.17) is 30.4 Å². The van der Waals surface area contributed by atoms with Crippen molar-refractivity contribution in [2.45, 2.75) is 0 Å². The molecule has 2 aliphatic heterocycles. The fourth-order valence-electron chi connectivity index (χ4n) is 2.75. The first-order chi connectivity index (χ1) is 16.0. The van der Waals surface area contributed by atoms with E-state index in [0.717, 1.165) is 17.6 Å². The Morgan fingerprint density at radius 2 is 1.82 bits per heavy atom. The summed E-state index contributed by atoms with van der Waals surface area (Å²) in [6.07, 6.45) is 1.74. The molecule has 12 nitrogen and oxygen atoms in total. The Morgan fingerprint density at radius 1 is 1.18 bits per heavy atom. The second-order valence-electron chi connectivity index (χ2n) is 7.19. The second kappa shape index (κ2) is 10.2. The number of carbonyl (C=O) groups is 4. The van der Waals surface area contributed by atoms with Crippen LogP contribution in [-0.2, 0) is 22.7 Å². The Balaban J connectivity index is 1.95. The van der Waals surface area contributed by atoms with Gasteiger partial charge in [-0.2, -0.15) is 0 Å². The third-order valence-corrected chi connectivity index (χ3v) is 6.80. The highest BCUT2D eigenvalue weighted by Gasteiger charge is 2.41. The van der Waals surface area contributed by atoms with Crippen molar-refractivity contribution in [1.29, 1.82) is 0 Å². The molecule has 0 unspecified atom stereocenters. The molecular weight excluding hydrogens is 490 g/mol. The summed E-state index contributed by atoms with van der Waals surface area (Å²) in [7, 11) is 1.61. The number of hydrogen-bond donors (Lipinski definition) is 3. The summed E-state index contributed by atoms with van der Waals surface area (Å²) in [5.41, 5.74) is 5.72. The van der Waals surface area contributed by atoms with Crippen LogP contribution in [0.2, 0.25) is 5.02 Å². The van der Waals surface area contributed by atoms with Crippen molar-refractivity contribution in [3.05, 3.63) is 46.0 Å². The summed E-state index contributed by atoms with van der Waals surface area (Å²) >= 11 is 6.04. The van der Waals surface area contributed by atoms with Gasteiger partial charge in [0.2, 0.25) is 5.17 Å². The Morgan fingerprint density at radius 3 is 2.41 bits per heavy atom. The average molecular weight is 512 g/mol. The molecule has 0 fully saturated rings. The van der Waals surface area contributed by atoms with Gasteiger partial charge < -0.3 is 29.1 Å². The average Bonchev–Trinajstić information content (AvgIpc) is 3.02. The monoisotopic (exact) mass is 511 g/mol. The van der Waals surface area contributed by atoms with E-state index in [1.54, 1.807) is 0 Å². The molecule has 0 aromatic heterocycles. The van der Waals surface area contributed by atoms with E-state index < -0.39 is 34.3 Å². The Hall–Kier alpha value is -3.55. The highest BCUT2D eigenvalue weighted by molar-refractivity contribution is 8.41. The van der Waals surface area contributed by atoms with Gasteiger partial charge in [0.15, 0.2) is 0 Å². The normalized spacial score (nSPS) is 17.3. The van der Waals surface area contributed by atoms with E-state index in [1.165, 1.54) is 19.2 Å². The number of methoxy groups -OCH3 is 1. The van der Waals surface area contributed by atoms with Crippen LogP contribution in [0.5, 0.6) is 5.75 Å². The van der Waals surface area contributed by atoms with Gasteiger partial charge in [-0.3, -0.25) is 14.9 Å². The molecule has 34 heavy (non-hydrogen) atoms. The number of rotatable bonds is 6. The fourth-order valence-corrected chi connectivity index (χ4v) is 4.83. The van der Waals surface area contributed by atoms with E-state index in [9.17, 15) is 19.2 Å². The zero-order valence-corrected chi connectivity index (χ0v) is 20.0. The van der Waals surface area contributed by atoms with Gasteiger partial charge in [0.1, 0.15) is 11.4 Å². The summed E-state index contributed by atoms with van der Waals surface area (Å²) in [5, 5.41) is 5.97. The van der Waals surface area contributed by atoms with Crippen LogP contribution in [0, 0.1) is 0 Å². The number of nitrogen functional groups attached to an aromatic ring is 1. The SMILES string of the molecule is COc1cc(N)c(Cl)cc1C(=O)NC1=NC(C(=O)NCCN(C)C)=CS12OC(=O)C=CC(=O)O2. The summed E-state index contributed by atoms with van der Waals surface area (Å²) < 4.78 is 15.8. The molecule has 3 rings (SSSR count). The van der Waals surface area contributed by atoms with Crippen LogP contribution < -0.4 is 21.1 Å². The number of amidine groups is 1. The minimum Gasteiger partial charge on any atom is -0.496 e. The number of anilines is 1. The lowest BCUT2D eigenvalue weighted by atomic mass is 10.1. The first-order valence-electron chi connectivity index (χ1n) is 9.70. The molecule has 2 amide bonds. The molecule has 0 radical (unpaired) electrons. The van der Waals surface area contributed by atoms with Crippen LogP contribution in [-0.4, -0.2) is 68.1 Å². The Labute approximate surface area is 201 Å². The number of nitrogens with two attached hydrogens (primary N) is 1. The topological polar surface area (TPSA) is 162 Å². The first kappa shape index (κ1) is 25.1. The van der Waals surface area contributed by atoms with Crippen molar-refractivity contribution in [3.63, 3.8) is 0 Å². The molecule has 1 spiro atoms. The van der Waals surface area contributed by atoms with Crippen molar-refractivity contribution in [2.75, 3.05) is 40.0 Å². The molecule has 14 heteroatoms. The molecule has 0 bridgehead atoms. The summed E-state index contributed by atoms with van der Waals surface area (Å²) in [4.78, 5) is 55.9. The molecule has 182 valence electrons. The number of benzene rings is 1. The van der Waals surface area contributed by atoms with E-state index >= 15 is 0 Å². The van der Waals surface area contributed by atoms with Gasteiger partial charge in [-0.25, -0.2) is 14.6 Å². The quantitative estimate of drug-likeness (QED) is 0.470. The van der Waals surface area contributed by atoms with Crippen LogP contribution >= 0.6 is 22.2 Å². The van der Waals surface area contributed by atoms with Gasteiger partial charge >= 0.3 is 11.9 Å². The van der Waals surface area contributed by atoms with Gasteiger partial charge in [-0.15, -0.1) is 0 Å². The molecule has 0 saturated carbocycles. The maximum Gasteiger partial charge on any atom is 0.354 e. The number of nitrogens with zero attached hydrogens (tertiary/aromatic N) is 2. The van der Waals surface area contributed by atoms with E-state index in [-0.39, 0.29) is 32.9 Å². The van der Waals surface area contributed by atoms with Crippen molar-refractivity contribution >= 4 is 56.8 Å². The molecule has 1 aromatic rings. The highest BCUT2D eigenvalue weighted by Crippen LogP contribution is 2.58. The number of nitrogens with one attached hydrogen (secondary N) is 2. The van der Waals surface area contributed by atoms with E-state index in [1.807, 2.05) is 19.0 Å². The zero-order chi connectivity index (χ0) is 25.0. The van der Waals surface area contributed by atoms with E-state index in [0.29, 0.717) is 13.1 Å². The highest BCUT2D eigenvalue weighted by atomic mass is 35.5. The zero-order valence-electron chi connectivity index (χ0n) is 18.4. The minimum atomic E-state index is -3.39. The molecule has 0 saturated heterocycles. The number of hydrogen-bond acceptors (Lipinski definition) is 10. The van der Waals surface area contributed by atoms with Gasteiger partial charge in [0.05, 0.1) is 28.8 Å². The van der Waals surface area contributed by atoms with Gasteiger partial charge in [0.25, 0.3) is 11.8 Å². The summed E-state index contributed by atoms with van der Waals surface area (Å²) in [5.74, 6) is -3.12. The molecule has 2 heterocycles. The van der Waals surface area contributed by atoms with Crippen LogP contribution in [0.3, 0.4) is 0 Å². The van der Waals surface area contributed by atoms with Crippen LogP contribution in [0.4, 0.5) is 5.69 Å². The number of halogens is 1. The minimum absolute atomic E-state index is 0.0211. The van der Waals surface area contributed by atoms with Gasteiger partial charge in [0, 0.05) is 31.3 Å². The van der Waals surface area contributed by atoms with Crippen LogP contribution in [0.1, 0.15) is 10.4 Å². The first-order valence-corrected chi connectivity index (χ1v) is 11.6. The lowest BCUT2D eigenvalue weighted by Gasteiger charge is -2.34. The Bertz CT molecular complexity index is 1130. The van der Waals surface area contributed by atoms with Crippen molar-refractivity contribution in [3.8, 4) is 5.75 Å². The van der Waals surface area contributed by atoms with Crippen LogP contribution in [0.15, 0.2) is 40.4 Å². The summed E-state index contributed by atoms with van der Waals surface area (Å²) in [6, 6.07) is 2.63. The number of amides is 2. The Kier molecular flexibility index (Phi) is 7.49. The van der Waals surface area contributed by atoms with E-state index in [2.05, 4.69) is 15.6 Å². The lowest BCUT2D eigenvalue weighted by Crippen LogP contribution is -2.35. The standard InChI is InChI=1S/C20H22ClN5O7S/c1-26(2)7-6-23-19(30)14-10-34(32-16(27)4-5-17(28)33-34)20(24-14)25-18(29)11-8-12(21)13(22)9-15(11)31-3/h4-5,8-10H,6-7,22H2,1-3H3,(H,23,30)(H,24,25,29). The third-order valence-electron chi connectivity index (χ3n) is 4.39. The molecule has 2 aliphatic rings.